The number of likely N-dealkylation sites (tertiary alicyclic amines) is 1. The minimum absolute atomic E-state index is 0.0406. The number of ketones is 2. The number of carbonyl (C=O) groups excluding carboxylic acids is 4. The van der Waals surface area contributed by atoms with E-state index in [2.05, 4.69) is 96.3 Å². The Kier molecular flexibility index (Phi) is 29.4. The predicted molar refractivity (Wildman–Crippen MR) is 366 cm³/mol. The molecule has 4 aliphatic heterocycles. The number of fused-ring (bicyclic) bond motifs is 3. The van der Waals surface area contributed by atoms with Crippen molar-refractivity contribution in [3.8, 4) is 23.0 Å². The Bertz CT molecular complexity index is 3110. The maximum Gasteiger partial charge on any atom is 0.318 e. The number of phenols is 1. The van der Waals surface area contributed by atoms with Gasteiger partial charge in [-0.3, -0.25) is 24.3 Å². The number of halogens is 1. The average molecular weight is 1240 g/mol. The van der Waals surface area contributed by atoms with Gasteiger partial charge in [-0.25, -0.2) is 4.39 Å². The fourth-order valence-electron chi connectivity index (χ4n) is 13.8. The number of hydrogen-bond acceptors (Lipinski definition) is 13. The topological polar surface area (TPSA) is 159 Å². The number of esters is 1. The van der Waals surface area contributed by atoms with E-state index in [1.807, 2.05) is 50.9 Å². The van der Waals surface area contributed by atoms with Crippen LogP contribution in [-0.2, 0) is 30.3 Å². The van der Waals surface area contributed by atoms with Gasteiger partial charge in [0.2, 0.25) is 5.91 Å². The zero-order valence-corrected chi connectivity index (χ0v) is 57.6. The van der Waals surface area contributed by atoms with Crippen molar-refractivity contribution in [1.82, 2.24) is 24.8 Å². The van der Waals surface area contributed by atoms with Gasteiger partial charge in [0, 0.05) is 87.8 Å². The second kappa shape index (κ2) is 36.3. The number of hydrogen-bond donors (Lipinski definition) is 1. The molecule has 0 spiro atoms. The second-order valence-corrected chi connectivity index (χ2v) is 26.8. The van der Waals surface area contributed by atoms with Crippen molar-refractivity contribution in [3.63, 3.8) is 0 Å². The van der Waals surface area contributed by atoms with Crippen LogP contribution in [0.15, 0.2) is 54.7 Å². The highest BCUT2D eigenvalue weighted by Crippen LogP contribution is 2.40. The van der Waals surface area contributed by atoms with Crippen LogP contribution in [0.5, 0.6) is 11.8 Å². The van der Waals surface area contributed by atoms with E-state index < -0.39 is 5.82 Å². The molecule has 7 unspecified atom stereocenters. The third kappa shape index (κ3) is 20.5. The summed E-state index contributed by atoms with van der Waals surface area (Å²) in [6.45, 7) is 31.6. The van der Waals surface area contributed by atoms with E-state index in [1.54, 1.807) is 25.3 Å². The molecule has 90 heavy (non-hydrogen) atoms. The van der Waals surface area contributed by atoms with Gasteiger partial charge in [-0.1, -0.05) is 112 Å². The van der Waals surface area contributed by atoms with Gasteiger partial charge in [0.25, 0.3) is 0 Å². The van der Waals surface area contributed by atoms with Crippen LogP contribution in [0, 0.1) is 42.3 Å². The van der Waals surface area contributed by atoms with Crippen molar-refractivity contribution >= 4 is 56.6 Å². The first kappa shape index (κ1) is 73.0. The van der Waals surface area contributed by atoms with Gasteiger partial charge in [0.05, 0.1) is 12.5 Å². The third-order valence-corrected chi connectivity index (χ3v) is 19.7. The number of benzene rings is 3. The number of Topliss-reactive ketones (excluding diaryl/α,β-unsaturated/α-hetero) is 2. The number of phenolic OH excluding ortho intramolecular Hbond substituents is 1. The monoisotopic (exact) mass is 1240 g/mol. The minimum atomic E-state index is -0.544. The number of anilines is 2. The summed E-state index contributed by atoms with van der Waals surface area (Å²) in [5.41, 5.74) is 5.63. The lowest BCUT2D eigenvalue weighted by Gasteiger charge is -2.35. The van der Waals surface area contributed by atoms with Gasteiger partial charge in [-0.2, -0.15) is 9.97 Å². The number of aromatic hydroxyl groups is 1. The van der Waals surface area contributed by atoms with E-state index in [0.717, 1.165) is 85.1 Å². The van der Waals surface area contributed by atoms with E-state index in [1.165, 1.54) is 122 Å². The minimum Gasteiger partial charge on any atom is -0.508 e. The molecular formula is C75H112FN7O7. The highest BCUT2D eigenvalue weighted by molar-refractivity contribution is 6.02. The highest BCUT2D eigenvalue weighted by atomic mass is 19.1. The standard InChI is InChI=1S/C28H48N2O.C26H27FN4O2.C11H20O2.C10H17NO2/c1-7-10-24(14-12-22(4)9-3)21-30-18-16-25(17-19-30)26-15-13-23(5)27(20-26)29(6)28(31)11-8-2;1-4-16-8-5-9-17-11-18(32)12-19(21(16)17)23-22(27)24-20(13-28-23)25(30-26(29-24)33-3)31-10-6-7-15(2)14-31;1-5-8(2)11(13)9(3)6-7-10(4)12;1-8(12)13-7-10-5-4-9-3-2-6-11(9)10/h13,15,20,22,24-25H,7-12,14,16-19,21H2,1-6H3;5,8-9,11-13,15,32H,4,6-7,10,14H2,1-3H3;8-9H,5-7H2,1-4H3;9-10H,2-7H2,1H3. The summed E-state index contributed by atoms with van der Waals surface area (Å²) in [4.78, 5) is 68.1. The van der Waals surface area contributed by atoms with E-state index in [4.69, 9.17) is 9.47 Å². The molecular weight excluding hydrogens is 1130 g/mol. The molecule has 3 aromatic carbocycles. The van der Waals surface area contributed by atoms with Crippen molar-refractivity contribution < 1.29 is 38.1 Å². The maximum atomic E-state index is 16.1. The molecule has 0 aliphatic carbocycles. The van der Waals surface area contributed by atoms with Crippen LogP contribution in [0.2, 0.25) is 0 Å². The van der Waals surface area contributed by atoms with Gasteiger partial charge >= 0.3 is 12.0 Å². The Hall–Kier alpha value is -6.06. The number of nitrogens with zero attached hydrogens (tertiary/aromatic N) is 7. The number of pyridine rings is 1. The third-order valence-electron chi connectivity index (χ3n) is 19.7. The summed E-state index contributed by atoms with van der Waals surface area (Å²) < 4.78 is 26.5. The van der Waals surface area contributed by atoms with Gasteiger partial charge in [-0.15, -0.1) is 0 Å². The summed E-state index contributed by atoms with van der Waals surface area (Å²) >= 11 is 0. The molecule has 5 aromatic rings. The molecule has 7 atom stereocenters. The smallest absolute Gasteiger partial charge is 0.318 e. The van der Waals surface area contributed by atoms with Gasteiger partial charge < -0.3 is 34.1 Å². The molecule has 0 bridgehead atoms. The van der Waals surface area contributed by atoms with Gasteiger partial charge in [0.1, 0.15) is 41.0 Å². The lowest BCUT2D eigenvalue weighted by Crippen LogP contribution is -2.36. The fraction of sp³-hybridized carbons (Fsp3) is 0.640. The van der Waals surface area contributed by atoms with Crippen molar-refractivity contribution in [3.05, 3.63) is 77.2 Å². The largest absolute Gasteiger partial charge is 0.508 e. The second-order valence-electron chi connectivity index (χ2n) is 26.8. The normalized spacial score (nSPS) is 19.1. The lowest BCUT2D eigenvalue weighted by molar-refractivity contribution is -0.142. The molecule has 4 saturated heterocycles. The number of rotatable bonds is 24. The zero-order chi connectivity index (χ0) is 65.6. The Labute approximate surface area is 539 Å². The van der Waals surface area contributed by atoms with Crippen LogP contribution in [0.1, 0.15) is 214 Å². The highest BCUT2D eigenvalue weighted by Gasteiger charge is 2.37. The van der Waals surface area contributed by atoms with E-state index in [-0.39, 0.29) is 52.5 Å². The molecule has 2 aromatic heterocycles. The van der Waals surface area contributed by atoms with Crippen LogP contribution in [0.25, 0.3) is 32.9 Å². The Morgan fingerprint density at radius 3 is 2.21 bits per heavy atom. The molecule has 496 valence electrons. The molecule has 4 aliphatic rings. The Morgan fingerprint density at radius 2 is 1.56 bits per heavy atom. The van der Waals surface area contributed by atoms with Crippen molar-refractivity contribution in [2.24, 2.45) is 29.6 Å². The Balaban J connectivity index is 0.000000208. The molecule has 4 fully saturated rings. The van der Waals surface area contributed by atoms with Crippen molar-refractivity contribution in [2.75, 3.05) is 69.8 Å². The lowest BCUT2D eigenvalue weighted by atomic mass is 9.87. The summed E-state index contributed by atoms with van der Waals surface area (Å²) in [6, 6.07) is 17.4. The van der Waals surface area contributed by atoms with Crippen LogP contribution in [0.4, 0.5) is 15.9 Å². The van der Waals surface area contributed by atoms with Crippen LogP contribution < -0.4 is 14.5 Å². The van der Waals surface area contributed by atoms with E-state index in [9.17, 15) is 24.3 Å². The zero-order valence-electron chi connectivity index (χ0n) is 57.6. The first-order valence-electron chi connectivity index (χ1n) is 34.6. The van der Waals surface area contributed by atoms with Crippen LogP contribution >= 0.6 is 0 Å². The van der Waals surface area contributed by atoms with Crippen LogP contribution in [0.3, 0.4) is 0 Å². The van der Waals surface area contributed by atoms with Crippen molar-refractivity contribution in [2.45, 2.75) is 223 Å². The fourth-order valence-corrected chi connectivity index (χ4v) is 13.8. The molecule has 14 nitrogen and oxygen atoms in total. The number of amides is 1. The molecule has 15 heteroatoms. The molecule has 1 amide bonds. The summed E-state index contributed by atoms with van der Waals surface area (Å²) in [5, 5.41) is 12.6. The number of aromatic nitrogens is 3. The first-order valence-corrected chi connectivity index (χ1v) is 34.6. The number of carbonyl (C=O) groups is 4. The molecule has 1 N–H and O–H groups in total. The summed E-state index contributed by atoms with van der Waals surface area (Å²) in [6.07, 6.45) is 22.7. The number of piperidine rings is 2. The predicted octanol–water partition coefficient (Wildman–Crippen LogP) is 16.5. The number of ether oxygens (including phenoxy) is 2. The van der Waals surface area contributed by atoms with Crippen LogP contribution in [-0.4, -0.2) is 125 Å². The first-order chi connectivity index (χ1) is 43.1. The van der Waals surface area contributed by atoms with Gasteiger partial charge in [0.15, 0.2) is 5.82 Å². The van der Waals surface area contributed by atoms with Crippen molar-refractivity contribution in [1.29, 1.82) is 0 Å². The SMILES string of the molecule is CC(=O)OCC1CCC2CCCN21.CCC(C)C(=O)C(C)CCC(C)=O.CCCC(=O)N(C)c1cc(C2CCN(CC(CCC)CCC(C)CC)CC2)ccc1C.CCc1cccc2cc(O)cc(-c3ncc4c(N5CCCC(C)C5)nc(OC)nc4c3F)c12. The summed E-state index contributed by atoms with van der Waals surface area (Å²) in [7, 11) is 3.42. The molecule has 6 heterocycles. The van der Waals surface area contributed by atoms with E-state index in [0.29, 0.717) is 66.3 Å². The van der Waals surface area contributed by atoms with E-state index >= 15 is 4.39 Å². The number of aryl methyl sites for hydroxylation is 2. The Morgan fingerprint density at radius 1 is 0.811 bits per heavy atom. The number of methoxy groups -OCH3 is 1. The molecule has 0 radical (unpaired) electrons. The maximum absolute atomic E-state index is 16.1. The molecule has 9 rings (SSSR count). The average Bonchev–Trinajstić information content (AvgIpc) is 0.963. The van der Waals surface area contributed by atoms with Gasteiger partial charge in [-0.05, 0) is 193 Å². The molecule has 0 saturated carbocycles. The summed E-state index contributed by atoms with van der Waals surface area (Å²) in [5.74, 6) is 3.76. The quantitative estimate of drug-likeness (QED) is 0.0582.